The molecule has 2 aliphatic rings. The molecule has 6 nitrogen and oxygen atoms in total. The molecule has 3 rings (SSSR count). The van der Waals surface area contributed by atoms with Crippen molar-refractivity contribution in [2.45, 2.75) is 51.9 Å². The predicted octanol–water partition coefficient (Wildman–Crippen LogP) is 4.73. The number of allylic oxidation sites excluding steroid dienone is 1. The van der Waals surface area contributed by atoms with Crippen LogP contribution in [0.1, 0.15) is 57.4 Å². The number of carbonyl (C=O) groups is 2. The highest BCUT2D eigenvalue weighted by atomic mass is 19.2. The second-order valence-corrected chi connectivity index (χ2v) is 8.64. The maximum atomic E-state index is 14.2. The van der Waals surface area contributed by atoms with E-state index in [9.17, 15) is 18.4 Å². The van der Waals surface area contributed by atoms with Crippen LogP contribution in [0.15, 0.2) is 34.5 Å². The molecule has 1 heterocycles. The summed E-state index contributed by atoms with van der Waals surface area (Å²) in [6, 6.07) is 3.37. The summed E-state index contributed by atoms with van der Waals surface area (Å²) in [6.07, 6.45) is 5.43. The Balaban J connectivity index is 1.93. The van der Waals surface area contributed by atoms with E-state index in [1.54, 1.807) is 13.8 Å². The molecule has 2 unspecified atom stereocenters. The van der Waals surface area contributed by atoms with E-state index in [0.29, 0.717) is 23.9 Å². The van der Waals surface area contributed by atoms with Crippen LogP contribution in [0.2, 0.25) is 0 Å². The highest BCUT2D eigenvalue weighted by Crippen LogP contribution is 2.40. The fourth-order valence-corrected chi connectivity index (χ4v) is 4.61. The molecule has 180 valence electrons. The molecule has 1 aromatic carbocycles. The van der Waals surface area contributed by atoms with Crippen molar-refractivity contribution in [3.8, 4) is 0 Å². The maximum Gasteiger partial charge on any atom is 0.336 e. The Morgan fingerprint density at radius 2 is 1.76 bits per heavy atom. The first-order valence-electron chi connectivity index (χ1n) is 11.4. The fraction of sp³-hybridized carbons (Fsp3) is 0.560. The molecule has 1 aliphatic carbocycles. The molecule has 0 bridgehead atoms. The van der Waals surface area contributed by atoms with E-state index < -0.39 is 35.4 Å². The van der Waals surface area contributed by atoms with Gasteiger partial charge in [-0.3, -0.25) is 9.79 Å². The first-order valence-corrected chi connectivity index (χ1v) is 11.4. The molecule has 8 heteroatoms. The lowest BCUT2D eigenvalue weighted by molar-refractivity contribution is -0.148. The summed E-state index contributed by atoms with van der Waals surface area (Å²) in [7, 11) is 1.48. The average molecular weight is 464 g/mol. The molecule has 0 spiro atoms. The Hall–Kier alpha value is -2.61. The van der Waals surface area contributed by atoms with Crippen molar-refractivity contribution in [1.82, 2.24) is 0 Å². The van der Waals surface area contributed by atoms with Gasteiger partial charge >= 0.3 is 11.9 Å². The summed E-state index contributed by atoms with van der Waals surface area (Å²) < 4.78 is 43.7. The van der Waals surface area contributed by atoms with Gasteiger partial charge in [0.15, 0.2) is 11.6 Å². The van der Waals surface area contributed by atoms with Crippen LogP contribution in [0.4, 0.5) is 8.78 Å². The van der Waals surface area contributed by atoms with E-state index >= 15 is 0 Å². The third-order valence-corrected chi connectivity index (χ3v) is 6.31. The number of carbonyl (C=O) groups excluding carboxylic acids is 2. The lowest BCUT2D eigenvalue weighted by Crippen LogP contribution is -2.37. The van der Waals surface area contributed by atoms with Gasteiger partial charge in [-0.15, -0.1) is 0 Å². The molecule has 0 N–H and O–H groups in total. The average Bonchev–Trinajstić information content (AvgIpc) is 2.79. The van der Waals surface area contributed by atoms with Gasteiger partial charge in [-0.2, -0.15) is 0 Å². The Morgan fingerprint density at radius 3 is 2.42 bits per heavy atom. The molecule has 1 aliphatic heterocycles. The van der Waals surface area contributed by atoms with Gasteiger partial charge in [0.2, 0.25) is 0 Å². The maximum absolute atomic E-state index is 14.2. The van der Waals surface area contributed by atoms with E-state index in [1.807, 2.05) is 0 Å². The van der Waals surface area contributed by atoms with E-state index in [-0.39, 0.29) is 24.4 Å². The molecule has 0 radical (unpaired) electrons. The van der Waals surface area contributed by atoms with Crippen LogP contribution in [0.25, 0.3) is 0 Å². The van der Waals surface area contributed by atoms with Crippen LogP contribution < -0.4 is 0 Å². The SMILES string of the molecule is COCCOC(=O)C1=C(C)N=C(C)C(C(=O)OCC2CCCCC2)C1c1ccc(F)c(F)c1. The van der Waals surface area contributed by atoms with Gasteiger partial charge < -0.3 is 14.2 Å². The van der Waals surface area contributed by atoms with Gasteiger partial charge in [0.1, 0.15) is 12.5 Å². The van der Waals surface area contributed by atoms with Crippen molar-refractivity contribution >= 4 is 17.7 Å². The first kappa shape index (κ1) is 25.0. The minimum Gasteiger partial charge on any atom is -0.465 e. The lowest BCUT2D eigenvalue weighted by Gasteiger charge is -2.32. The molecule has 0 aromatic heterocycles. The number of rotatable bonds is 8. The highest BCUT2D eigenvalue weighted by molar-refractivity contribution is 6.07. The summed E-state index contributed by atoms with van der Waals surface area (Å²) in [5.41, 5.74) is 1.22. The molecular weight excluding hydrogens is 432 g/mol. The van der Waals surface area contributed by atoms with Crippen LogP contribution >= 0.6 is 0 Å². The Bertz CT molecular complexity index is 937. The number of aliphatic imine (C=N–C) groups is 1. The number of ether oxygens (including phenoxy) is 3. The van der Waals surface area contributed by atoms with E-state index in [4.69, 9.17) is 14.2 Å². The predicted molar refractivity (Wildman–Crippen MR) is 119 cm³/mol. The van der Waals surface area contributed by atoms with Crippen LogP contribution in [-0.2, 0) is 23.8 Å². The second-order valence-electron chi connectivity index (χ2n) is 8.64. The Kier molecular flexibility index (Phi) is 8.72. The summed E-state index contributed by atoms with van der Waals surface area (Å²) >= 11 is 0. The standard InChI is InChI=1S/C25H31F2NO5/c1-15-21(24(29)32-12-11-31-3)23(18-9-10-19(26)20(27)13-18)22(16(2)28-15)25(30)33-14-17-7-5-4-6-8-17/h9-10,13,17,22-23H,4-8,11-12,14H2,1-3H3. The van der Waals surface area contributed by atoms with E-state index in [2.05, 4.69) is 4.99 Å². The van der Waals surface area contributed by atoms with Gasteiger partial charge in [0.25, 0.3) is 0 Å². The smallest absolute Gasteiger partial charge is 0.336 e. The van der Waals surface area contributed by atoms with Crippen LogP contribution in [0.5, 0.6) is 0 Å². The van der Waals surface area contributed by atoms with Crippen molar-refractivity contribution in [2.75, 3.05) is 26.9 Å². The number of esters is 2. The molecule has 0 amide bonds. The zero-order valence-corrected chi connectivity index (χ0v) is 19.4. The minimum absolute atomic E-state index is 0.0100. The Morgan fingerprint density at radius 1 is 1.03 bits per heavy atom. The van der Waals surface area contributed by atoms with Crippen molar-refractivity contribution in [2.24, 2.45) is 16.8 Å². The number of nitrogens with zero attached hydrogens (tertiary/aromatic N) is 1. The van der Waals surface area contributed by atoms with Crippen LogP contribution in [-0.4, -0.2) is 44.6 Å². The van der Waals surface area contributed by atoms with Gasteiger partial charge in [-0.1, -0.05) is 25.3 Å². The largest absolute Gasteiger partial charge is 0.465 e. The second kappa shape index (κ2) is 11.5. The number of hydrogen-bond donors (Lipinski definition) is 0. The molecule has 1 saturated carbocycles. The number of methoxy groups -OCH3 is 1. The van der Waals surface area contributed by atoms with E-state index in [0.717, 1.165) is 37.8 Å². The van der Waals surface area contributed by atoms with Gasteiger partial charge in [-0.05, 0) is 50.3 Å². The lowest BCUT2D eigenvalue weighted by atomic mass is 9.75. The number of benzene rings is 1. The third kappa shape index (κ3) is 6.05. The van der Waals surface area contributed by atoms with Gasteiger partial charge in [0.05, 0.1) is 18.8 Å². The molecule has 1 aromatic rings. The number of halogens is 2. The first-order chi connectivity index (χ1) is 15.8. The van der Waals surface area contributed by atoms with Crippen molar-refractivity contribution in [1.29, 1.82) is 0 Å². The topological polar surface area (TPSA) is 74.2 Å². The summed E-state index contributed by atoms with van der Waals surface area (Å²) in [4.78, 5) is 30.7. The summed E-state index contributed by atoms with van der Waals surface area (Å²) in [5, 5.41) is 0. The molecule has 33 heavy (non-hydrogen) atoms. The molecule has 2 atom stereocenters. The van der Waals surface area contributed by atoms with Crippen molar-refractivity contribution in [3.63, 3.8) is 0 Å². The van der Waals surface area contributed by atoms with Gasteiger partial charge in [0, 0.05) is 24.4 Å². The summed E-state index contributed by atoms with van der Waals surface area (Å²) in [6.45, 7) is 3.81. The quantitative estimate of drug-likeness (QED) is 0.412. The van der Waals surface area contributed by atoms with Crippen LogP contribution in [0, 0.1) is 23.5 Å². The third-order valence-electron chi connectivity index (χ3n) is 6.31. The molecule has 0 saturated heterocycles. The number of hydrogen-bond acceptors (Lipinski definition) is 6. The fourth-order valence-electron chi connectivity index (χ4n) is 4.61. The highest BCUT2D eigenvalue weighted by Gasteiger charge is 2.43. The van der Waals surface area contributed by atoms with Gasteiger partial charge in [-0.25, -0.2) is 13.6 Å². The minimum atomic E-state index is -1.06. The monoisotopic (exact) mass is 463 g/mol. The zero-order valence-electron chi connectivity index (χ0n) is 19.4. The zero-order chi connectivity index (χ0) is 24.0. The van der Waals surface area contributed by atoms with Crippen LogP contribution in [0.3, 0.4) is 0 Å². The van der Waals surface area contributed by atoms with Crippen molar-refractivity contribution < 1.29 is 32.6 Å². The molecular formula is C25H31F2NO5. The normalized spacial score (nSPS) is 21.5. The van der Waals surface area contributed by atoms with Crippen molar-refractivity contribution in [3.05, 3.63) is 46.7 Å². The summed E-state index contributed by atoms with van der Waals surface area (Å²) in [5.74, 6) is -4.85. The van der Waals surface area contributed by atoms with E-state index in [1.165, 1.54) is 19.6 Å². The Labute approximate surface area is 193 Å². The molecule has 1 fully saturated rings.